The summed E-state index contributed by atoms with van der Waals surface area (Å²) in [4.78, 5) is 33.8. The fraction of sp³-hybridized carbons (Fsp3) is 0.350. The molecular weight excluding hydrogens is 348 g/mol. The van der Waals surface area contributed by atoms with E-state index in [-0.39, 0.29) is 17.4 Å². The van der Waals surface area contributed by atoms with Crippen molar-refractivity contribution in [2.24, 2.45) is 5.92 Å². The van der Waals surface area contributed by atoms with Gasteiger partial charge in [0.15, 0.2) is 0 Å². The number of H-pyrrole nitrogens is 1. The molecule has 6 heteroatoms. The number of esters is 1. The lowest BCUT2D eigenvalue weighted by molar-refractivity contribution is -0.147. The second-order valence-corrected chi connectivity index (χ2v) is 7.49. The van der Waals surface area contributed by atoms with Crippen LogP contribution in [0.5, 0.6) is 0 Å². The highest BCUT2D eigenvalue weighted by molar-refractivity contribution is 7.19. The van der Waals surface area contributed by atoms with E-state index in [1.54, 1.807) is 6.92 Å². The zero-order valence-corrected chi connectivity index (χ0v) is 16.0. The number of benzene rings is 1. The van der Waals surface area contributed by atoms with E-state index in [2.05, 4.69) is 9.97 Å². The number of aryl methyl sites for hydroxylation is 2. The molecule has 0 fully saturated rings. The molecule has 2 heterocycles. The highest BCUT2D eigenvalue weighted by Gasteiger charge is 2.18. The van der Waals surface area contributed by atoms with Crippen LogP contribution in [0.25, 0.3) is 21.3 Å². The number of rotatable bonds is 6. The Morgan fingerprint density at radius 3 is 2.73 bits per heavy atom. The van der Waals surface area contributed by atoms with Crippen LogP contribution in [0.1, 0.15) is 31.0 Å². The van der Waals surface area contributed by atoms with Crippen LogP contribution in [0.2, 0.25) is 0 Å². The van der Waals surface area contributed by atoms with E-state index in [1.165, 1.54) is 11.3 Å². The zero-order valence-electron chi connectivity index (χ0n) is 15.2. The van der Waals surface area contributed by atoms with Gasteiger partial charge < -0.3 is 9.72 Å². The Kier molecular flexibility index (Phi) is 5.52. The fourth-order valence-corrected chi connectivity index (χ4v) is 4.05. The van der Waals surface area contributed by atoms with Gasteiger partial charge in [0, 0.05) is 16.9 Å². The number of aromatic nitrogens is 2. The number of aromatic amines is 1. The first kappa shape index (κ1) is 18.3. The maximum Gasteiger partial charge on any atom is 0.308 e. The van der Waals surface area contributed by atoms with Crippen LogP contribution in [-0.4, -0.2) is 22.5 Å². The first-order chi connectivity index (χ1) is 12.5. The second-order valence-electron chi connectivity index (χ2n) is 6.28. The molecule has 0 bridgehead atoms. The van der Waals surface area contributed by atoms with Gasteiger partial charge in [0.05, 0.1) is 17.9 Å². The molecule has 3 aromatic rings. The molecular formula is C20H22N2O3S. The third-order valence-corrected chi connectivity index (χ3v) is 5.35. The van der Waals surface area contributed by atoms with Gasteiger partial charge in [-0.15, -0.1) is 11.3 Å². The minimum atomic E-state index is -0.221. The van der Waals surface area contributed by atoms with Crippen LogP contribution in [0.4, 0.5) is 0 Å². The molecule has 2 aromatic heterocycles. The van der Waals surface area contributed by atoms with Crippen molar-refractivity contribution in [3.8, 4) is 11.1 Å². The number of thiophene rings is 1. The summed E-state index contributed by atoms with van der Waals surface area (Å²) in [6.45, 7) is 6.01. The van der Waals surface area contributed by atoms with Gasteiger partial charge in [0.2, 0.25) is 0 Å². The minimum Gasteiger partial charge on any atom is -0.466 e. The second kappa shape index (κ2) is 7.83. The van der Waals surface area contributed by atoms with E-state index in [4.69, 9.17) is 4.74 Å². The first-order valence-electron chi connectivity index (χ1n) is 8.75. The molecule has 0 amide bonds. The Morgan fingerprint density at radius 1 is 1.31 bits per heavy atom. The summed E-state index contributed by atoms with van der Waals surface area (Å²) in [6.07, 6.45) is 1.12. The maximum absolute atomic E-state index is 12.7. The van der Waals surface area contributed by atoms with E-state index >= 15 is 0 Å². The molecule has 0 aliphatic heterocycles. The molecule has 1 atom stereocenters. The lowest BCUT2D eigenvalue weighted by atomic mass is 10.0. The van der Waals surface area contributed by atoms with Gasteiger partial charge >= 0.3 is 5.97 Å². The Bertz CT molecular complexity index is 976. The number of nitrogens with zero attached hydrogens (tertiary/aromatic N) is 1. The molecule has 1 aromatic carbocycles. The van der Waals surface area contributed by atoms with Gasteiger partial charge in [-0.05, 0) is 25.8 Å². The van der Waals surface area contributed by atoms with Crippen LogP contribution < -0.4 is 5.56 Å². The summed E-state index contributed by atoms with van der Waals surface area (Å²) in [7, 11) is 0. The number of hydrogen-bond donors (Lipinski definition) is 1. The fourth-order valence-electron chi connectivity index (χ4n) is 2.99. The number of ether oxygens (including phenoxy) is 1. The molecule has 0 saturated heterocycles. The van der Waals surface area contributed by atoms with Crippen molar-refractivity contribution >= 4 is 27.5 Å². The number of carbonyl (C=O) groups excluding carboxylic acids is 1. The average molecular weight is 370 g/mol. The summed E-state index contributed by atoms with van der Waals surface area (Å²) in [5.74, 6) is 0.176. The maximum atomic E-state index is 12.7. The Balaban J connectivity index is 1.90. The van der Waals surface area contributed by atoms with Crippen LogP contribution in [0, 0.1) is 12.8 Å². The molecule has 0 saturated carbocycles. The number of carbonyl (C=O) groups is 1. The van der Waals surface area contributed by atoms with Crippen LogP contribution in [0.15, 0.2) is 35.1 Å². The Morgan fingerprint density at radius 2 is 2.04 bits per heavy atom. The molecule has 0 aliphatic carbocycles. The van der Waals surface area contributed by atoms with E-state index in [0.29, 0.717) is 30.7 Å². The summed E-state index contributed by atoms with van der Waals surface area (Å²) < 4.78 is 5.02. The van der Waals surface area contributed by atoms with Gasteiger partial charge in [-0.3, -0.25) is 9.59 Å². The molecule has 0 aliphatic rings. The third-order valence-electron chi connectivity index (χ3n) is 4.35. The van der Waals surface area contributed by atoms with Crippen molar-refractivity contribution in [2.75, 3.05) is 6.61 Å². The predicted molar refractivity (Wildman–Crippen MR) is 105 cm³/mol. The van der Waals surface area contributed by atoms with Crippen molar-refractivity contribution < 1.29 is 9.53 Å². The van der Waals surface area contributed by atoms with Gasteiger partial charge in [-0.25, -0.2) is 4.98 Å². The van der Waals surface area contributed by atoms with E-state index in [0.717, 1.165) is 20.8 Å². The largest absolute Gasteiger partial charge is 0.466 e. The molecule has 26 heavy (non-hydrogen) atoms. The van der Waals surface area contributed by atoms with Crippen molar-refractivity contribution in [3.05, 3.63) is 51.4 Å². The molecule has 5 nitrogen and oxygen atoms in total. The third kappa shape index (κ3) is 3.70. The predicted octanol–water partition coefficient (Wildman–Crippen LogP) is 4.09. The molecule has 136 valence electrons. The molecule has 0 radical (unpaired) electrons. The van der Waals surface area contributed by atoms with E-state index < -0.39 is 0 Å². The molecule has 0 spiro atoms. The number of fused-ring (bicyclic) bond motifs is 1. The standard InChI is InChI=1S/C20H22N2O3S/c1-4-25-20(24)12(2)10-11-15-21-18(23)17-16(13(3)26-19(17)22-15)14-8-6-5-7-9-14/h5-9,12H,4,10-11H2,1-3H3,(H,21,22,23)/t12-/m1/s1. The minimum absolute atomic E-state index is 0.128. The summed E-state index contributed by atoms with van der Waals surface area (Å²) in [6, 6.07) is 9.89. The monoisotopic (exact) mass is 370 g/mol. The van der Waals surface area contributed by atoms with Gasteiger partial charge in [-0.2, -0.15) is 0 Å². The smallest absolute Gasteiger partial charge is 0.308 e. The quantitative estimate of drug-likeness (QED) is 0.663. The highest BCUT2D eigenvalue weighted by atomic mass is 32.1. The van der Waals surface area contributed by atoms with Crippen molar-refractivity contribution in [1.29, 1.82) is 0 Å². The number of nitrogens with one attached hydrogen (secondary N) is 1. The summed E-state index contributed by atoms with van der Waals surface area (Å²) in [5, 5.41) is 0.640. The average Bonchev–Trinajstić information content (AvgIpc) is 2.97. The van der Waals surface area contributed by atoms with Crippen LogP contribution in [-0.2, 0) is 16.0 Å². The number of hydrogen-bond acceptors (Lipinski definition) is 5. The summed E-state index contributed by atoms with van der Waals surface area (Å²) >= 11 is 1.53. The SMILES string of the molecule is CCOC(=O)[C@H](C)CCc1nc2sc(C)c(-c3ccccc3)c2c(=O)[nH]1. The van der Waals surface area contributed by atoms with Gasteiger partial charge in [0.25, 0.3) is 5.56 Å². The highest BCUT2D eigenvalue weighted by Crippen LogP contribution is 2.35. The van der Waals surface area contributed by atoms with Crippen molar-refractivity contribution in [2.45, 2.75) is 33.6 Å². The van der Waals surface area contributed by atoms with E-state index in [1.807, 2.05) is 44.2 Å². The normalized spacial score (nSPS) is 12.3. The Labute approximate surface area is 156 Å². The topological polar surface area (TPSA) is 72.0 Å². The van der Waals surface area contributed by atoms with Crippen molar-refractivity contribution in [1.82, 2.24) is 9.97 Å². The molecule has 1 N–H and O–H groups in total. The Hall–Kier alpha value is -2.47. The molecule has 3 rings (SSSR count). The van der Waals surface area contributed by atoms with Crippen LogP contribution in [0.3, 0.4) is 0 Å². The first-order valence-corrected chi connectivity index (χ1v) is 9.57. The lowest BCUT2D eigenvalue weighted by Crippen LogP contribution is -2.17. The van der Waals surface area contributed by atoms with Gasteiger partial charge in [-0.1, -0.05) is 37.3 Å². The zero-order chi connectivity index (χ0) is 18.7. The van der Waals surface area contributed by atoms with E-state index in [9.17, 15) is 9.59 Å². The van der Waals surface area contributed by atoms with Crippen molar-refractivity contribution in [3.63, 3.8) is 0 Å². The van der Waals surface area contributed by atoms with Gasteiger partial charge in [0.1, 0.15) is 10.7 Å². The lowest BCUT2D eigenvalue weighted by Gasteiger charge is -2.09. The van der Waals surface area contributed by atoms with Crippen LogP contribution >= 0.6 is 11.3 Å². The summed E-state index contributed by atoms with van der Waals surface area (Å²) in [5.41, 5.74) is 1.84. The molecule has 0 unspecified atom stereocenters.